The number of amides is 2. The first-order valence-corrected chi connectivity index (χ1v) is 12.4. The van der Waals surface area contributed by atoms with Crippen molar-refractivity contribution in [3.05, 3.63) is 78.4 Å². The van der Waals surface area contributed by atoms with Gasteiger partial charge in [-0.05, 0) is 42.7 Å². The van der Waals surface area contributed by atoms with Crippen LogP contribution >= 0.6 is 0 Å². The Labute approximate surface area is 203 Å². The molecule has 0 spiro atoms. The van der Waals surface area contributed by atoms with Gasteiger partial charge >= 0.3 is 0 Å². The lowest BCUT2D eigenvalue weighted by molar-refractivity contribution is -0.123. The number of para-hydroxylation sites is 1. The number of methoxy groups -OCH3 is 1. The second-order valence-corrected chi connectivity index (χ2v) is 9.60. The zero-order valence-electron chi connectivity index (χ0n) is 19.0. The van der Waals surface area contributed by atoms with Crippen LogP contribution in [-0.4, -0.2) is 40.0 Å². The molecule has 1 saturated carbocycles. The fourth-order valence-corrected chi connectivity index (χ4v) is 4.84. The number of carbonyl (C=O) groups excluding carboxylic acids is 2. The number of sulfonamides is 1. The van der Waals surface area contributed by atoms with Crippen molar-refractivity contribution in [2.45, 2.75) is 23.8 Å². The zero-order valence-corrected chi connectivity index (χ0v) is 19.8. The molecule has 0 radical (unpaired) electrons. The van der Waals surface area contributed by atoms with E-state index in [9.17, 15) is 18.0 Å². The summed E-state index contributed by atoms with van der Waals surface area (Å²) < 4.78 is 38.7. The summed E-state index contributed by atoms with van der Waals surface area (Å²) in [6.07, 6.45) is 1.54. The van der Waals surface area contributed by atoms with Crippen molar-refractivity contribution in [3.8, 4) is 22.6 Å². The monoisotopic (exact) mass is 495 g/mol. The number of nitrogens with one attached hydrogen (secondary N) is 3. The summed E-state index contributed by atoms with van der Waals surface area (Å²) in [7, 11) is -2.51. The molecule has 0 atom stereocenters. The molecule has 1 fully saturated rings. The second-order valence-electron chi connectivity index (χ2n) is 7.91. The van der Waals surface area contributed by atoms with Crippen LogP contribution in [0.2, 0.25) is 0 Å². The number of hydrogen-bond acceptors (Lipinski definition) is 6. The number of hydrogen-bond donors (Lipinski definition) is 3. The molecule has 3 aromatic rings. The molecule has 0 saturated heterocycles. The van der Waals surface area contributed by atoms with E-state index in [2.05, 4.69) is 15.6 Å². The smallest absolute Gasteiger partial charge is 0.276 e. The highest BCUT2D eigenvalue weighted by atomic mass is 32.2. The van der Waals surface area contributed by atoms with Crippen LogP contribution in [0.15, 0.2) is 77.7 Å². The topological polar surface area (TPSA) is 123 Å². The Balaban J connectivity index is 1.37. The first-order valence-electron chi connectivity index (χ1n) is 10.9. The maximum atomic E-state index is 12.6. The van der Waals surface area contributed by atoms with Gasteiger partial charge in [0.2, 0.25) is 10.0 Å². The number of benzene rings is 3. The minimum atomic E-state index is -3.86. The largest absolute Gasteiger partial charge is 0.495 e. The Morgan fingerprint density at radius 3 is 2.34 bits per heavy atom. The summed E-state index contributed by atoms with van der Waals surface area (Å²) in [5, 5.41) is 0. The highest BCUT2D eigenvalue weighted by molar-refractivity contribution is 7.89. The van der Waals surface area contributed by atoms with E-state index in [1.807, 2.05) is 42.5 Å². The van der Waals surface area contributed by atoms with Crippen molar-refractivity contribution in [1.82, 2.24) is 15.6 Å². The summed E-state index contributed by atoms with van der Waals surface area (Å²) in [6, 6.07) is 20.8. The third-order valence-corrected chi connectivity index (χ3v) is 6.80. The highest BCUT2D eigenvalue weighted by Crippen LogP contribution is 2.30. The van der Waals surface area contributed by atoms with E-state index in [1.54, 1.807) is 12.1 Å². The van der Waals surface area contributed by atoms with Gasteiger partial charge < -0.3 is 9.47 Å². The van der Waals surface area contributed by atoms with Gasteiger partial charge in [-0.15, -0.1) is 0 Å². The molecular formula is C25H25N3O6S. The summed E-state index contributed by atoms with van der Waals surface area (Å²) in [6.45, 7) is -0.336. The van der Waals surface area contributed by atoms with Gasteiger partial charge in [0.05, 0.1) is 7.11 Å². The van der Waals surface area contributed by atoms with Crippen LogP contribution in [-0.2, 0) is 14.8 Å². The zero-order chi connectivity index (χ0) is 24.8. The summed E-state index contributed by atoms with van der Waals surface area (Å²) in [5.74, 6) is -0.635. The van der Waals surface area contributed by atoms with Crippen molar-refractivity contribution in [2.24, 2.45) is 0 Å². The SMILES string of the molecule is COc1ccc(C(=O)NNC(=O)COc2ccccc2-c2ccccc2)cc1S(=O)(=O)NC1CC1. The van der Waals surface area contributed by atoms with Gasteiger partial charge in [-0.3, -0.25) is 20.4 Å². The Kier molecular flexibility index (Phi) is 7.33. The molecule has 3 aromatic carbocycles. The van der Waals surface area contributed by atoms with Crippen molar-refractivity contribution < 1.29 is 27.5 Å². The molecule has 35 heavy (non-hydrogen) atoms. The van der Waals surface area contributed by atoms with Crippen LogP contribution in [0.1, 0.15) is 23.2 Å². The van der Waals surface area contributed by atoms with Crippen LogP contribution in [0.4, 0.5) is 0 Å². The van der Waals surface area contributed by atoms with E-state index in [-0.39, 0.29) is 28.9 Å². The number of ether oxygens (including phenoxy) is 2. The van der Waals surface area contributed by atoms with Crippen molar-refractivity contribution >= 4 is 21.8 Å². The highest BCUT2D eigenvalue weighted by Gasteiger charge is 2.30. The second kappa shape index (κ2) is 10.6. The minimum absolute atomic E-state index is 0.0395. The van der Waals surface area contributed by atoms with E-state index in [1.165, 1.54) is 25.3 Å². The first kappa shape index (κ1) is 24.2. The van der Waals surface area contributed by atoms with E-state index in [4.69, 9.17) is 9.47 Å². The standard InChI is InChI=1S/C25H25N3O6S/c1-33-22-14-11-18(15-23(22)35(31,32)28-19-12-13-19)25(30)27-26-24(29)16-34-21-10-6-5-9-20(21)17-7-3-2-4-8-17/h2-11,14-15,19,28H,12-13,16H2,1H3,(H,26,29)(H,27,30). The molecule has 0 aromatic heterocycles. The maximum Gasteiger partial charge on any atom is 0.276 e. The summed E-state index contributed by atoms with van der Waals surface area (Å²) in [5.41, 5.74) is 6.37. The lowest BCUT2D eigenvalue weighted by atomic mass is 10.1. The Morgan fingerprint density at radius 2 is 1.63 bits per heavy atom. The van der Waals surface area contributed by atoms with E-state index in [0.717, 1.165) is 24.0 Å². The Morgan fingerprint density at radius 1 is 0.914 bits per heavy atom. The number of rotatable bonds is 9. The van der Waals surface area contributed by atoms with Crippen LogP contribution in [0.5, 0.6) is 11.5 Å². The maximum absolute atomic E-state index is 12.6. The fraction of sp³-hybridized carbons (Fsp3) is 0.200. The molecule has 0 aliphatic heterocycles. The summed E-state index contributed by atoms with van der Waals surface area (Å²) >= 11 is 0. The molecule has 182 valence electrons. The summed E-state index contributed by atoms with van der Waals surface area (Å²) in [4.78, 5) is 24.7. The van der Waals surface area contributed by atoms with Crippen LogP contribution < -0.4 is 25.0 Å². The lowest BCUT2D eigenvalue weighted by Gasteiger charge is -2.13. The predicted octanol–water partition coefficient (Wildman–Crippen LogP) is 2.64. The molecule has 2 amide bonds. The molecule has 3 N–H and O–H groups in total. The van der Waals surface area contributed by atoms with Crippen LogP contribution in [0, 0.1) is 0 Å². The van der Waals surface area contributed by atoms with E-state index >= 15 is 0 Å². The van der Waals surface area contributed by atoms with Crippen molar-refractivity contribution in [3.63, 3.8) is 0 Å². The molecule has 0 bridgehead atoms. The minimum Gasteiger partial charge on any atom is -0.495 e. The van der Waals surface area contributed by atoms with Gasteiger partial charge in [0.15, 0.2) is 6.61 Å². The quantitative estimate of drug-likeness (QED) is 0.392. The fourth-order valence-electron chi connectivity index (χ4n) is 3.34. The van der Waals surface area contributed by atoms with Crippen LogP contribution in [0.3, 0.4) is 0 Å². The Hall–Kier alpha value is -3.89. The normalized spacial score (nSPS) is 13.1. The molecule has 10 heteroatoms. The average molecular weight is 496 g/mol. The molecule has 0 heterocycles. The van der Waals surface area contributed by atoms with Gasteiger partial charge in [-0.1, -0.05) is 48.5 Å². The van der Waals surface area contributed by atoms with Crippen molar-refractivity contribution in [1.29, 1.82) is 0 Å². The average Bonchev–Trinajstić information content (AvgIpc) is 3.69. The molecule has 9 nitrogen and oxygen atoms in total. The van der Waals surface area contributed by atoms with Gasteiger partial charge in [-0.25, -0.2) is 13.1 Å². The van der Waals surface area contributed by atoms with Gasteiger partial charge in [-0.2, -0.15) is 0 Å². The number of carbonyl (C=O) groups is 2. The van der Waals surface area contributed by atoms with E-state index < -0.39 is 21.8 Å². The Bertz CT molecular complexity index is 1320. The third-order valence-electron chi connectivity index (χ3n) is 5.26. The van der Waals surface area contributed by atoms with Crippen molar-refractivity contribution in [2.75, 3.05) is 13.7 Å². The van der Waals surface area contributed by atoms with Gasteiger partial charge in [0.1, 0.15) is 16.4 Å². The van der Waals surface area contributed by atoms with Gasteiger partial charge in [0.25, 0.3) is 11.8 Å². The molecule has 0 unspecified atom stereocenters. The molecule has 4 rings (SSSR count). The third kappa shape index (κ3) is 6.17. The predicted molar refractivity (Wildman–Crippen MR) is 129 cm³/mol. The van der Waals surface area contributed by atoms with Crippen LogP contribution in [0.25, 0.3) is 11.1 Å². The molecule has 1 aliphatic carbocycles. The van der Waals surface area contributed by atoms with Gasteiger partial charge in [0, 0.05) is 17.2 Å². The van der Waals surface area contributed by atoms with E-state index in [0.29, 0.717) is 5.75 Å². The molecular weight excluding hydrogens is 470 g/mol. The molecule has 1 aliphatic rings. The lowest BCUT2D eigenvalue weighted by Crippen LogP contribution is -2.43. The first-order chi connectivity index (χ1) is 16.9. The number of hydrazine groups is 1.